The van der Waals surface area contributed by atoms with Gasteiger partial charge in [0.1, 0.15) is 12.3 Å². The van der Waals surface area contributed by atoms with Crippen LogP contribution in [0.1, 0.15) is 51.6 Å². The number of carboxylic acids is 1. The van der Waals surface area contributed by atoms with Gasteiger partial charge in [-0.2, -0.15) is 0 Å². The standard InChI is InChI=1S/C27H32BrN3O6/c1-15(2)23(30-26(36)37-3)24(33)31-21-7-5-4-6-19(21)20(10-11-32)27(31,25(34)35)22-13-16-8-9-18(28)12-17(16)14-29-22/h8-9,11-15,19-21,23H,4-7,10H2,1-3H3,(H,30,36)(H,34,35)/t19-,20?,21-,23-,27-/m0/s1. The van der Waals surface area contributed by atoms with E-state index in [4.69, 9.17) is 4.74 Å². The summed E-state index contributed by atoms with van der Waals surface area (Å²) in [7, 11) is 1.21. The van der Waals surface area contributed by atoms with Gasteiger partial charge < -0.3 is 24.9 Å². The van der Waals surface area contributed by atoms with Crippen molar-refractivity contribution in [1.82, 2.24) is 15.2 Å². The van der Waals surface area contributed by atoms with Crippen molar-refractivity contribution in [3.63, 3.8) is 0 Å². The second-order valence-corrected chi connectivity index (χ2v) is 11.1. The van der Waals surface area contributed by atoms with Gasteiger partial charge in [-0.3, -0.25) is 9.78 Å². The maximum absolute atomic E-state index is 14.3. The Morgan fingerprint density at radius 2 is 1.97 bits per heavy atom. The van der Waals surface area contributed by atoms with Gasteiger partial charge in [-0.25, -0.2) is 9.59 Å². The number of nitrogens with zero attached hydrogens (tertiary/aromatic N) is 2. The summed E-state index contributed by atoms with van der Waals surface area (Å²) in [5.74, 6) is -2.93. The van der Waals surface area contributed by atoms with Crippen molar-refractivity contribution in [2.75, 3.05) is 7.11 Å². The number of halogens is 1. The number of hydrogen-bond donors (Lipinski definition) is 2. The predicted molar refractivity (Wildman–Crippen MR) is 140 cm³/mol. The number of benzene rings is 1. The molecule has 2 amide bonds. The number of carbonyl (C=O) groups is 4. The normalized spacial score (nSPS) is 26.0. The van der Waals surface area contributed by atoms with Gasteiger partial charge in [0.2, 0.25) is 5.91 Å². The quantitative estimate of drug-likeness (QED) is 0.474. The van der Waals surface area contributed by atoms with Crippen molar-refractivity contribution < 1.29 is 29.0 Å². The minimum absolute atomic E-state index is 0.0198. The number of methoxy groups -OCH3 is 1. The van der Waals surface area contributed by atoms with Gasteiger partial charge in [-0.05, 0) is 48.3 Å². The Balaban J connectivity index is 1.97. The molecule has 9 nitrogen and oxygen atoms in total. The molecule has 2 N–H and O–H groups in total. The molecule has 2 aromatic rings. The first kappa shape index (κ1) is 27.0. The van der Waals surface area contributed by atoms with Crippen LogP contribution in [0.25, 0.3) is 10.8 Å². The van der Waals surface area contributed by atoms with Crippen LogP contribution in [0.5, 0.6) is 0 Å². The van der Waals surface area contributed by atoms with Crippen molar-refractivity contribution in [2.24, 2.45) is 17.8 Å². The fraction of sp³-hybridized carbons (Fsp3) is 0.519. The third kappa shape index (κ3) is 4.60. The minimum Gasteiger partial charge on any atom is -0.479 e. The molecule has 1 saturated heterocycles. The van der Waals surface area contributed by atoms with Crippen LogP contribution in [0.4, 0.5) is 4.79 Å². The number of rotatable bonds is 7. The molecule has 0 bridgehead atoms. The zero-order valence-electron chi connectivity index (χ0n) is 21.1. The lowest BCUT2D eigenvalue weighted by molar-refractivity contribution is -0.164. The van der Waals surface area contributed by atoms with E-state index in [1.807, 2.05) is 18.2 Å². The molecule has 2 heterocycles. The van der Waals surface area contributed by atoms with E-state index in [0.29, 0.717) is 12.8 Å². The smallest absolute Gasteiger partial charge is 0.407 e. The summed E-state index contributed by atoms with van der Waals surface area (Å²) in [5, 5.41) is 15.2. The highest BCUT2D eigenvalue weighted by atomic mass is 79.9. The van der Waals surface area contributed by atoms with E-state index in [1.54, 1.807) is 26.1 Å². The molecule has 1 aromatic heterocycles. The van der Waals surface area contributed by atoms with Crippen LogP contribution in [0.3, 0.4) is 0 Å². The highest BCUT2D eigenvalue weighted by Gasteiger charge is 2.66. The third-order valence-corrected chi connectivity index (χ3v) is 8.42. The molecule has 10 heteroatoms. The van der Waals surface area contributed by atoms with Crippen LogP contribution in [-0.4, -0.2) is 58.4 Å². The summed E-state index contributed by atoms with van der Waals surface area (Å²) in [5.41, 5.74) is -1.66. The minimum atomic E-state index is -1.87. The van der Waals surface area contributed by atoms with Crippen LogP contribution in [-0.2, 0) is 24.7 Å². The van der Waals surface area contributed by atoms with E-state index in [1.165, 1.54) is 12.0 Å². The molecule has 2 aliphatic rings. The van der Waals surface area contributed by atoms with Crippen molar-refractivity contribution in [2.45, 2.75) is 63.6 Å². The maximum atomic E-state index is 14.3. The number of pyridine rings is 1. The molecule has 1 aliphatic heterocycles. The van der Waals surface area contributed by atoms with Crippen molar-refractivity contribution in [3.8, 4) is 0 Å². The molecule has 0 radical (unpaired) electrons. The summed E-state index contributed by atoms with van der Waals surface area (Å²) < 4.78 is 5.61. The van der Waals surface area contributed by atoms with Gasteiger partial charge in [0.25, 0.3) is 0 Å². The number of hydrogen-bond acceptors (Lipinski definition) is 6. The monoisotopic (exact) mass is 573 g/mol. The van der Waals surface area contributed by atoms with Gasteiger partial charge >= 0.3 is 12.1 Å². The van der Waals surface area contributed by atoms with E-state index in [-0.39, 0.29) is 24.0 Å². The summed E-state index contributed by atoms with van der Waals surface area (Å²) >= 11 is 3.45. The molecular formula is C27H32BrN3O6. The number of aromatic nitrogens is 1. The van der Waals surface area contributed by atoms with Gasteiger partial charge in [-0.15, -0.1) is 0 Å². The van der Waals surface area contributed by atoms with E-state index in [2.05, 4.69) is 26.2 Å². The maximum Gasteiger partial charge on any atom is 0.407 e. The van der Waals surface area contributed by atoms with Crippen LogP contribution < -0.4 is 5.32 Å². The largest absolute Gasteiger partial charge is 0.479 e. The topological polar surface area (TPSA) is 126 Å². The van der Waals surface area contributed by atoms with Gasteiger partial charge in [-0.1, -0.05) is 48.7 Å². The van der Waals surface area contributed by atoms with Crippen LogP contribution in [0, 0.1) is 17.8 Å². The Morgan fingerprint density at radius 1 is 1.24 bits per heavy atom. The lowest BCUT2D eigenvalue weighted by atomic mass is 9.71. The Hall–Kier alpha value is -3.01. The Bertz CT molecular complexity index is 1220. The molecule has 198 valence electrons. The first-order valence-corrected chi connectivity index (χ1v) is 13.4. The highest BCUT2D eigenvalue weighted by molar-refractivity contribution is 9.10. The fourth-order valence-corrected chi connectivity index (χ4v) is 6.70. The first-order valence-electron chi connectivity index (χ1n) is 12.6. The number of aliphatic carboxylic acids is 1. The van der Waals surface area contributed by atoms with E-state index >= 15 is 0 Å². The van der Waals surface area contributed by atoms with Gasteiger partial charge in [0.15, 0.2) is 5.54 Å². The number of ether oxygens (including phenoxy) is 1. The van der Waals surface area contributed by atoms with E-state index in [9.17, 15) is 24.3 Å². The average molecular weight is 574 g/mol. The van der Waals surface area contributed by atoms with Crippen LogP contribution >= 0.6 is 15.9 Å². The second kappa shape index (κ2) is 10.8. The molecule has 1 saturated carbocycles. The number of carboxylic acid groups (broad SMARTS) is 1. The molecule has 0 spiro atoms. The molecule has 37 heavy (non-hydrogen) atoms. The Morgan fingerprint density at radius 3 is 2.62 bits per heavy atom. The number of carbonyl (C=O) groups excluding carboxylic acids is 3. The number of fused-ring (bicyclic) bond motifs is 2. The fourth-order valence-electron chi connectivity index (χ4n) is 6.32. The summed E-state index contributed by atoms with van der Waals surface area (Å²) in [6, 6.07) is 5.90. The zero-order chi connectivity index (χ0) is 26.9. The van der Waals surface area contributed by atoms with Gasteiger partial charge in [0.05, 0.1) is 12.8 Å². The molecule has 2 fully saturated rings. The molecule has 1 aliphatic carbocycles. The van der Waals surface area contributed by atoms with E-state index in [0.717, 1.165) is 34.4 Å². The first-order chi connectivity index (χ1) is 17.7. The Labute approximate surface area is 224 Å². The number of nitrogens with one attached hydrogen (secondary N) is 1. The lowest BCUT2D eigenvalue weighted by Crippen LogP contribution is -2.62. The van der Waals surface area contributed by atoms with E-state index < -0.39 is 41.5 Å². The third-order valence-electron chi connectivity index (χ3n) is 7.93. The Kier molecular flexibility index (Phi) is 7.87. The van der Waals surface area contributed by atoms with Crippen LogP contribution in [0.2, 0.25) is 0 Å². The van der Waals surface area contributed by atoms with Crippen LogP contribution in [0.15, 0.2) is 34.9 Å². The number of alkyl carbamates (subject to hydrolysis) is 1. The number of likely N-dealkylation sites (tertiary alicyclic amines) is 1. The number of aldehydes is 1. The van der Waals surface area contributed by atoms with Crippen molar-refractivity contribution in [3.05, 3.63) is 40.6 Å². The summed E-state index contributed by atoms with van der Waals surface area (Å²) in [6.07, 6.45) is 4.61. The van der Waals surface area contributed by atoms with Crippen molar-refractivity contribution in [1.29, 1.82) is 0 Å². The number of amides is 2. The summed E-state index contributed by atoms with van der Waals surface area (Å²) in [4.78, 5) is 57.9. The average Bonchev–Trinajstić information content (AvgIpc) is 3.17. The summed E-state index contributed by atoms with van der Waals surface area (Å²) in [6.45, 7) is 3.56. The molecule has 1 unspecified atom stereocenters. The van der Waals surface area contributed by atoms with Crippen molar-refractivity contribution >= 4 is 51.0 Å². The second-order valence-electron chi connectivity index (χ2n) is 10.2. The molecular weight excluding hydrogens is 542 g/mol. The molecule has 5 atom stereocenters. The predicted octanol–water partition coefficient (Wildman–Crippen LogP) is 4.26. The lowest BCUT2D eigenvalue weighted by Gasteiger charge is -2.42. The highest BCUT2D eigenvalue weighted by Crippen LogP contribution is 2.55. The SMILES string of the molecule is COC(=O)N[C@H](C(=O)N1[C@H]2CCCC[C@H]2C(CC=O)[C@@]1(C(=O)O)c1cc2ccc(Br)cc2cn1)C(C)C. The molecule has 1 aromatic carbocycles. The molecule has 4 rings (SSSR count). The zero-order valence-corrected chi connectivity index (χ0v) is 22.7. The van der Waals surface area contributed by atoms with Gasteiger partial charge in [0, 0.05) is 34.4 Å².